The van der Waals surface area contributed by atoms with Crippen molar-refractivity contribution in [1.29, 1.82) is 0 Å². The highest BCUT2D eigenvalue weighted by Gasteiger charge is 2.08. The van der Waals surface area contributed by atoms with E-state index in [2.05, 4.69) is 15.6 Å². The third kappa shape index (κ3) is 8.64. The van der Waals surface area contributed by atoms with Gasteiger partial charge in [-0.3, -0.25) is 9.79 Å². The molecular weight excluding hydrogens is 507 g/mol. The number of methoxy groups -OCH3 is 1. The number of aromatic hydroxyl groups is 1. The molecule has 3 N–H and O–H groups in total. The van der Waals surface area contributed by atoms with Crippen molar-refractivity contribution in [1.82, 2.24) is 15.5 Å². The van der Waals surface area contributed by atoms with Crippen molar-refractivity contribution in [3.63, 3.8) is 0 Å². The third-order valence-electron chi connectivity index (χ3n) is 4.54. The lowest BCUT2D eigenvalue weighted by molar-refractivity contribution is 0.0827. The number of carbonyl (C=O) groups excluding carboxylic acids is 1. The van der Waals surface area contributed by atoms with Crippen molar-refractivity contribution in [2.45, 2.75) is 19.8 Å². The zero-order valence-corrected chi connectivity index (χ0v) is 21.0. The molecule has 8 heteroatoms. The Balaban J connectivity index is 0.00000480. The minimum atomic E-state index is 0. The average Bonchev–Trinajstić information content (AvgIpc) is 2.74. The highest BCUT2D eigenvalue weighted by atomic mass is 127. The van der Waals surface area contributed by atoms with E-state index in [9.17, 15) is 9.90 Å². The molecule has 31 heavy (non-hydrogen) atoms. The SMILES string of the molecule is CCNC(=NCCc1ccc(O)c(OC)c1)NCCc1cccc(C(=O)N(C)C)c1.I. The minimum absolute atomic E-state index is 0. The summed E-state index contributed by atoms with van der Waals surface area (Å²) in [5.74, 6) is 1.36. The van der Waals surface area contributed by atoms with E-state index in [1.165, 1.54) is 7.11 Å². The molecule has 0 atom stereocenters. The van der Waals surface area contributed by atoms with E-state index in [-0.39, 0.29) is 35.6 Å². The number of nitrogens with one attached hydrogen (secondary N) is 2. The Morgan fingerprint density at radius 1 is 1.10 bits per heavy atom. The van der Waals surface area contributed by atoms with Crippen molar-refractivity contribution < 1.29 is 14.6 Å². The molecule has 0 fully saturated rings. The van der Waals surface area contributed by atoms with E-state index >= 15 is 0 Å². The molecule has 0 heterocycles. The van der Waals surface area contributed by atoms with Crippen molar-refractivity contribution in [2.24, 2.45) is 4.99 Å². The van der Waals surface area contributed by atoms with Gasteiger partial charge in [-0.2, -0.15) is 0 Å². The number of rotatable bonds is 9. The maximum absolute atomic E-state index is 12.1. The van der Waals surface area contributed by atoms with Gasteiger partial charge in [0.15, 0.2) is 17.5 Å². The summed E-state index contributed by atoms with van der Waals surface area (Å²) in [6.07, 6.45) is 1.52. The molecule has 0 saturated carbocycles. The molecule has 170 valence electrons. The highest BCUT2D eigenvalue weighted by molar-refractivity contribution is 14.0. The van der Waals surface area contributed by atoms with E-state index in [1.54, 1.807) is 25.1 Å². The molecule has 0 aliphatic carbocycles. The number of phenolic OH excluding ortho intramolecular Hbond substituents is 1. The molecule has 2 aromatic carbocycles. The topological polar surface area (TPSA) is 86.2 Å². The fourth-order valence-corrected chi connectivity index (χ4v) is 2.96. The highest BCUT2D eigenvalue weighted by Crippen LogP contribution is 2.26. The summed E-state index contributed by atoms with van der Waals surface area (Å²) < 4.78 is 5.15. The first kappa shape index (κ1) is 26.5. The van der Waals surface area contributed by atoms with Crippen molar-refractivity contribution in [3.05, 3.63) is 59.2 Å². The van der Waals surface area contributed by atoms with Gasteiger partial charge in [0, 0.05) is 39.3 Å². The predicted molar refractivity (Wildman–Crippen MR) is 136 cm³/mol. The van der Waals surface area contributed by atoms with Gasteiger partial charge in [0.2, 0.25) is 0 Å². The number of ether oxygens (including phenoxy) is 1. The minimum Gasteiger partial charge on any atom is -0.504 e. The summed E-state index contributed by atoms with van der Waals surface area (Å²) in [5.41, 5.74) is 2.84. The first-order valence-corrected chi connectivity index (χ1v) is 10.1. The Morgan fingerprint density at radius 3 is 2.52 bits per heavy atom. The smallest absolute Gasteiger partial charge is 0.253 e. The Labute approximate surface area is 201 Å². The lowest BCUT2D eigenvalue weighted by Crippen LogP contribution is -2.38. The van der Waals surface area contributed by atoms with Gasteiger partial charge in [-0.25, -0.2) is 0 Å². The van der Waals surface area contributed by atoms with E-state index < -0.39 is 0 Å². The Kier molecular flexibility index (Phi) is 11.8. The summed E-state index contributed by atoms with van der Waals surface area (Å²) in [7, 11) is 5.05. The van der Waals surface area contributed by atoms with Crippen molar-refractivity contribution in [2.75, 3.05) is 40.8 Å². The van der Waals surface area contributed by atoms with Crippen LogP contribution in [0, 0.1) is 0 Å². The van der Waals surface area contributed by atoms with Crippen molar-refractivity contribution >= 4 is 35.8 Å². The van der Waals surface area contributed by atoms with Gasteiger partial charge in [0.1, 0.15) is 0 Å². The molecule has 7 nitrogen and oxygen atoms in total. The Morgan fingerprint density at radius 2 is 1.84 bits per heavy atom. The second-order valence-corrected chi connectivity index (χ2v) is 7.09. The number of amides is 1. The number of benzene rings is 2. The molecule has 0 radical (unpaired) electrons. The van der Waals surface area contributed by atoms with Crippen LogP contribution in [0.1, 0.15) is 28.4 Å². The molecule has 0 bridgehead atoms. The predicted octanol–water partition coefficient (Wildman–Crippen LogP) is 3.06. The van der Waals surface area contributed by atoms with Gasteiger partial charge < -0.3 is 25.4 Å². The van der Waals surface area contributed by atoms with Gasteiger partial charge in [-0.1, -0.05) is 18.2 Å². The summed E-state index contributed by atoms with van der Waals surface area (Å²) in [5, 5.41) is 16.3. The van der Waals surface area contributed by atoms with Gasteiger partial charge in [-0.15, -0.1) is 24.0 Å². The van der Waals surface area contributed by atoms with Crippen LogP contribution < -0.4 is 15.4 Å². The zero-order valence-electron chi connectivity index (χ0n) is 18.6. The van der Waals surface area contributed by atoms with E-state index in [1.807, 2.05) is 43.3 Å². The van der Waals surface area contributed by atoms with E-state index in [0.29, 0.717) is 24.4 Å². The number of halogens is 1. The quantitative estimate of drug-likeness (QED) is 0.259. The number of carbonyl (C=O) groups is 1. The zero-order chi connectivity index (χ0) is 21.9. The van der Waals surface area contributed by atoms with Gasteiger partial charge in [-0.05, 0) is 55.2 Å². The van der Waals surface area contributed by atoms with Crippen LogP contribution in [0.4, 0.5) is 0 Å². The first-order chi connectivity index (χ1) is 14.4. The lowest BCUT2D eigenvalue weighted by Gasteiger charge is -2.13. The second kappa shape index (κ2) is 13.7. The summed E-state index contributed by atoms with van der Waals surface area (Å²) >= 11 is 0. The van der Waals surface area contributed by atoms with Gasteiger partial charge in [0.25, 0.3) is 5.91 Å². The summed E-state index contributed by atoms with van der Waals surface area (Å²) in [6, 6.07) is 13.0. The lowest BCUT2D eigenvalue weighted by atomic mass is 10.1. The number of aliphatic imine (C=N–C) groups is 1. The van der Waals surface area contributed by atoms with Gasteiger partial charge in [0.05, 0.1) is 7.11 Å². The van der Waals surface area contributed by atoms with Crippen molar-refractivity contribution in [3.8, 4) is 11.5 Å². The molecule has 0 saturated heterocycles. The maximum atomic E-state index is 12.1. The molecule has 0 spiro atoms. The second-order valence-electron chi connectivity index (χ2n) is 7.09. The monoisotopic (exact) mass is 540 g/mol. The third-order valence-corrected chi connectivity index (χ3v) is 4.54. The van der Waals surface area contributed by atoms with Gasteiger partial charge >= 0.3 is 0 Å². The maximum Gasteiger partial charge on any atom is 0.253 e. The fraction of sp³-hybridized carbons (Fsp3) is 0.391. The number of guanidine groups is 1. The van der Waals surface area contributed by atoms with Crippen LogP contribution in [0.25, 0.3) is 0 Å². The molecular formula is C23H33IN4O3. The standard InChI is InChI=1S/C23H32N4O3.HI/c1-5-24-23(26-14-12-18-9-10-20(28)21(16-18)30-4)25-13-11-17-7-6-8-19(15-17)22(29)27(2)3;/h6-10,15-16,28H,5,11-14H2,1-4H3,(H2,24,25,26);1H. The number of hydrogen-bond donors (Lipinski definition) is 3. The molecule has 0 aromatic heterocycles. The Hall–Kier alpha value is -2.49. The van der Waals surface area contributed by atoms with E-state index in [4.69, 9.17) is 4.74 Å². The van der Waals surface area contributed by atoms with Crippen LogP contribution >= 0.6 is 24.0 Å². The molecule has 2 aromatic rings. The normalized spacial score (nSPS) is 10.8. The fourth-order valence-electron chi connectivity index (χ4n) is 2.96. The van der Waals surface area contributed by atoms with E-state index in [0.717, 1.165) is 36.5 Å². The molecule has 0 unspecified atom stereocenters. The van der Waals surface area contributed by atoms with Crippen LogP contribution in [-0.2, 0) is 12.8 Å². The van der Waals surface area contributed by atoms with Crippen LogP contribution in [0.3, 0.4) is 0 Å². The number of nitrogens with zero attached hydrogens (tertiary/aromatic N) is 2. The summed E-state index contributed by atoms with van der Waals surface area (Å²) in [6.45, 7) is 4.11. The Bertz CT molecular complexity index is 872. The number of phenols is 1. The average molecular weight is 540 g/mol. The molecule has 0 aliphatic heterocycles. The van der Waals surface area contributed by atoms with Crippen LogP contribution in [0.15, 0.2) is 47.5 Å². The summed E-state index contributed by atoms with van der Waals surface area (Å²) in [4.78, 5) is 18.3. The molecule has 2 rings (SSSR count). The van der Waals surface area contributed by atoms with Crippen LogP contribution in [-0.4, -0.2) is 62.7 Å². The molecule has 1 amide bonds. The largest absolute Gasteiger partial charge is 0.504 e. The van der Waals surface area contributed by atoms with Crippen LogP contribution in [0.5, 0.6) is 11.5 Å². The molecule has 0 aliphatic rings. The first-order valence-electron chi connectivity index (χ1n) is 10.1. The van der Waals surface area contributed by atoms with Crippen LogP contribution in [0.2, 0.25) is 0 Å². The number of hydrogen-bond acceptors (Lipinski definition) is 4.